The minimum atomic E-state index is 0.969. The molecule has 0 spiro atoms. The van der Waals surface area contributed by atoms with Crippen LogP contribution in [0.15, 0.2) is 30.4 Å². The molecule has 1 aromatic rings. The molecule has 30 heavy (non-hydrogen) atoms. The lowest BCUT2D eigenvalue weighted by Crippen LogP contribution is -2.35. The fraction of sp³-hybridized carbons (Fsp3) is 0.733. The first kappa shape index (κ1) is 22.2. The monoisotopic (exact) mass is 406 g/mol. The third-order valence-corrected chi connectivity index (χ3v) is 9.01. The van der Waals surface area contributed by atoms with Crippen LogP contribution in [0.3, 0.4) is 0 Å². The molecular formula is C30H46. The number of fused-ring (bicyclic) bond motifs is 2. The van der Waals surface area contributed by atoms with Crippen LogP contribution >= 0.6 is 0 Å². The van der Waals surface area contributed by atoms with Gasteiger partial charge in [-0.25, -0.2) is 0 Å². The highest BCUT2D eigenvalue weighted by atomic mass is 14.4. The van der Waals surface area contributed by atoms with E-state index in [4.69, 9.17) is 0 Å². The van der Waals surface area contributed by atoms with E-state index in [1.165, 1.54) is 83.5 Å². The Hall–Kier alpha value is -1.04. The van der Waals surface area contributed by atoms with Crippen LogP contribution in [0.2, 0.25) is 0 Å². The van der Waals surface area contributed by atoms with Crippen molar-refractivity contribution in [3.63, 3.8) is 0 Å². The van der Waals surface area contributed by atoms with Gasteiger partial charge in [0.05, 0.1) is 0 Å². The maximum atomic E-state index is 2.56. The summed E-state index contributed by atoms with van der Waals surface area (Å²) >= 11 is 0. The van der Waals surface area contributed by atoms with Gasteiger partial charge in [-0.15, -0.1) is 0 Å². The molecule has 5 atom stereocenters. The molecule has 0 amide bonds. The number of benzene rings is 1. The molecule has 0 heteroatoms. The zero-order chi connectivity index (χ0) is 20.8. The molecule has 0 radical (unpaired) electrons. The molecule has 0 heterocycles. The summed E-state index contributed by atoms with van der Waals surface area (Å²) < 4.78 is 0. The first-order valence-corrected chi connectivity index (χ1v) is 13.5. The van der Waals surface area contributed by atoms with Crippen molar-refractivity contribution in [3.8, 4) is 0 Å². The summed E-state index contributed by atoms with van der Waals surface area (Å²) in [5, 5.41) is 0. The fourth-order valence-corrected chi connectivity index (χ4v) is 7.19. The molecule has 3 aliphatic carbocycles. The number of allylic oxidation sites excluding steroid dienone is 2. The average Bonchev–Trinajstić information content (AvgIpc) is 2.78. The molecule has 0 saturated heterocycles. The molecule has 0 aromatic heterocycles. The standard InChI is InChI=1S/C30H46/c1-3-5-7-9-23-11-13-27-21-29(17-15-25(27)19-23)30-18-16-26-20-24(10-8-6-4-2)12-14-28(26)22-30/h3,5,12,14,20,23,25,27,29-30H,4,6-11,13,15-19,21-22H2,1-2H3/b5-3+. The quantitative estimate of drug-likeness (QED) is 0.299. The topological polar surface area (TPSA) is 0 Å². The van der Waals surface area contributed by atoms with Crippen LogP contribution < -0.4 is 0 Å². The van der Waals surface area contributed by atoms with Crippen molar-refractivity contribution < 1.29 is 0 Å². The van der Waals surface area contributed by atoms with E-state index in [-0.39, 0.29) is 0 Å². The number of hydrogen-bond donors (Lipinski definition) is 0. The highest BCUT2D eigenvalue weighted by Crippen LogP contribution is 2.49. The van der Waals surface area contributed by atoms with Gasteiger partial charge in [-0.2, -0.15) is 0 Å². The Bertz CT molecular complexity index is 683. The van der Waals surface area contributed by atoms with Gasteiger partial charge in [0.25, 0.3) is 0 Å². The minimum absolute atomic E-state index is 0.969. The van der Waals surface area contributed by atoms with Crippen LogP contribution in [0, 0.1) is 29.6 Å². The zero-order valence-electron chi connectivity index (χ0n) is 19.9. The molecule has 1 aromatic carbocycles. The Morgan fingerprint density at radius 2 is 1.67 bits per heavy atom. The number of rotatable bonds is 8. The summed E-state index contributed by atoms with van der Waals surface area (Å²) in [7, 11) is 0. The van der Waals surface area contributed by atoms with Crippen molar-refractivity contribution in [1.82, 2.24) is 0 Å². The second kappa shape index (κ2) is 11.0. The van der Waals surface area contributed by atoms with E-state index in [1.54, 1.807) is 29.5 Å². The molecule has 0 aliphatic heterocycles. The molecule has 3 aliphatic rings. The number of hydrogen-bond acceptors (Lipinski definition) is 0. The van der Waals surface area contributed by atoms with Crippen LogP contribution in [-0.2, 0) is 19.3 Å². The van der Waals surface area contributed by atoms with Crippen LogP contribution in [0.25, 0.3) is 0 Å². The van der Waals surface area contributed by atoms with E-state index < -0.39 is 0 Å². The van der Waals surface area contributed by atoms with Gasteiger partial charge in [0.1, 0.15) is 0 Å². The molecular weight excluding hydrogens is 360 g/mol. The maximum Gasteiger partial charge on any atom is -0.0245 e. The predicted octanol–water partition coefficient (Wildman–Crippen LogP) is 8.71. The fourth-order valence-electron chi connectivity index (χ4n) is 7.19. The number of aryl methyl sites for hydroxylation is 2. The molecule has 5 unspecified atom stereocenters. The van der Waals surface area contributed by atoms with Gasteiger partial charge < -0.3 is 0 Å². The first-order valence-electron chi connectivity index (χ1n) is 13.5. The summed E-state index contributed by atoms with van der Waals surface area (Å²) in [6.45, 7) is 4.46. The summed E-state index contributed by atoms with van der Waals surface area (Å²) in [6.07, 6.45) is 26.1. The summed E-state index contributed by atoms with van der Waals surface area (Å²) in [5.74, 6) is 5.13. The highest BCUT2D eigenvalue weighted by Gasteiger charge is 2.38. The summed E-state index contributed by atoms with van der Waals surface area (Å²) in [4.78, 5) is 0. The predicted molar refractivity (Wildman–Crippen MR) is 131 cm³/mol. The Labute approximate surface area is 186 Å². The lowest BCUT2D eigenvalue weighted by Gasteiger charge is -2.45. The van der Waals surface area contributed by atoms with E-state index in [1.807, 2.05) is 0 Å². The summed E-state index contributed by atoms with van der Waals surface area (Å²) in [6, 6.07) is 7.51. The van der Waals surface area contributed by atoms with Gasteiger partial charge in [0.2, 0.25) is 0 Å². The van der Waals surface area contributed by atoms with E-state index >= 15 is 0 Å². The van der Waals surface area contributed by atoms with Crippen LogP contribution in [-0.4, -0.2) is 0 Å². The number of unbranched alkanes of at least 4 members (excludes halogenated alkanes) is 2. The second-order valence-corrected chi connectivity index (χ2v) is 11.0. The van der Waals surface area contributed by atoms with Gasteiger partial charge in [-0.05, 0) is 130 Å². The third-order valence-electron chi connectivity index (χ3n) is 9.01. The SMILES string of the molecule is C/C=C/CCC1CCC2CC(C3CCc4cc(CCCCC)ccc4C3)CCC2C1. The molecule has 0 N–H and O–H groups in total. The van der Waals surface area contributed by atoms with Gasteiger partial charge in [-0.1, -0.05) is 56.5 Å². The van der Waals surface area contributed by atoms with Crippen molar-refractivity contribution in [2.24, 2.45) is 29.6 Å². The van der Waals surface area contributed by atoms with Crippen molar-refractivity contribution >= 4 is 0 Å². The van der Waals surface area contributed by atoms with E-state index in [0.717, 1.165) is 29.6 Å². The average molecular weight is 407 g/mol. The van der Waals surface area contributed by atoms with Gasteiger partial charge in [-0.3, -0.25) is 0 Å². The second-order valence-electron chi connectivity index (χ2n) is 11.0. The van der Waals surface area contributed by atoms with E-state index in [0.29, 0.717) is 0 Å². The lowest BCUT2D eigenvalue weighted by atomic mass is 9.61. The smallest absolute Gasteiger partial charge is 0.0245 e. The van der Waals surface area contributed by atoms with Crippen molar-refractivity contribution in [2.75, 3.05) is 0 Å². The van der Waals surface area contributed by atoms with Crippen molar-refractivity contribution in [3.05, 3.63) is 47.0 Å². The molecule has 0 nitrogen and oxygen atoms in total. The molecule has 0 bridgehead atoms. The molecule has 2 saturated carbocycles. The van der Waals surface area contributed by atoms with Crippen molar-refractivity contribution in [1.29, 1.82) is 0 Å². The van der Waals surface area contributed by atoms with Gasteiger partial charge >= 0.3 is 0 Å². The molecule has 166 valence electrons. The first-order chi connectivity index (χ1) is 14.8. The Morgan fingerprint density at radius 3 is 2.50 bits per heavy atom. The Kier molecular flexibility index (Phi) is 8.14. The van der Waals surface area contributed by atoms with Crippen molar-refractivity contribution in [2.45, 2.75) is 110 Å². The molecule has 2 fully saturated rings. The van der Waals surface area contributed by atoms with Crippen LogP contribution in [0.1, 0.15) is 108 Å². The normalized spacial score (nSPS) is 31.5. The minimum Gasteiger partial charge on any atom is -0.0917 e. The third kappa shape index (κ3) is 5.60. The van der Waals surface area contributed by atoms with Gasteiger partial charge in [0, 0.05) is 0 Å². The molecule has 4 rings (SSSR count). The Balaban J connectivity index is 1.28. The Morgan fingerprint density at radius 1 is 0.867 bits per heavy atom. The van der Waals surface area contributed by atoms with E-state index in [2.05, 4.69) is 44.2 Å². The summed E-state index contributed by atoms with van der Waals surface area (Å²) in [5.41, 5.74) is 4.98. The highest BCUT2D eigenvalue weighted by molar-refractivity contribution is 5.34. The zero-order valence-corrected chi connectivity index (χ0v) is 19.9. The maximum absolute atomic E-state index is 2.56. The van der Waals surface area contributed by atoms with Gasteiger partial charge in [0.15, 0.2) is 0 Å². The lowest BCUT2D eigenvalue weighted by molar-refractivity contribution is 0.0699. The van der Waals surface area contributed by atoms with Crippen LogP contribution in [0.4, 0.5) is 0 Å². The van der Waals surface area contributed by atoms with E-state index in [9.17, 15) is 0 Å². The van der Waals surface area contributed by atoms with Crippen LogP contribution in [0.5, 0.6) is 0 Å². The largest absolute Gasteiger partial charge is 0.0917 e.